The molecule has 1 unspecified atom stereocenters. The molecule has 5 nitrogen and oxygen atoms in total. The third-order valence-corrected chi connectivity index (χ3v) is 2.91. The molecule has 0 aliphatic carbocycles. The van der Waals surface area contributed by atoms with Crippen LogP contribution in [0.4, 0.5) is 10.5 Å². The van der Waals surface area contributed by atoms with Gasteiger partial charge >= 0.3 is 6.03 Å². The number of carbonyl (C=O) groups excluding carboxylic acids is 1. The average molecular weight is 280 g/mol. The SMILES string of the molecule is CCCc1ccccc1NC(=O)NCCC(O)COC. The van der Waals surface area contributed by atoms with Gasteiger partial charge in [0.2, 0.25) is 0 Å². The van der Waals surface area contributed by atoms with E-state index in [0.29, 0.717) is 13.0 Å². The van der Waals surface area contributed by atoms with Gasteiger partial charge in [-0.05, 0) is 24.5 Å². The van der Waals surface area contributed by atoms with Gasteiger partial charge in [-0.2, -0.15) is 0 Å². The molecule has 0 aromatic heterocycles. The van der Waals surface area contributed by atoms with Crippen LogP contribution in [0.25, 0.3) is 0 Å². The lowest BCUT2D eigenvalue weighted by atomic mass is 10.1. The van der Waals surface area contributed by atoms with Crippen LogP contribution in [0.2, 0.25) is 0 Å². The summed E-state index contributed by atoms with van der Waals surface area (Å²) < 4.78 is 4.82. The van der Waals surface area contributed by atoms with Crippen LogP contribution >= 0.6 is 0 Å². The minimum Gasteiger partial charge on any atom is -0.391 e. The van der Waals surface area contributed by atoms with Gasteiger partial charge in [0.15, 0.2) is 0 Å². The van der Waals surface area contributed by atoms with Crippen molar-refractivity contribution in [1.82, 2.24) is 5.32 Å². The van der Waals surface area contributed by atoms with E-state index in [1.807, 2.05) is 24.3 Å². The predicted octanol–water partition coefficient (Wildman–Crippen LogP) is 2.16. The Morgan fingerprint density at radius 2 is 2.15 bits per heavy atom. The summed E-state index contributed by atoms with van der Waals surface area (Å²) in [5.41, 5.74) is 1.97. The van der Waals surface area contributed by atoms with Gasteiger partial charge in [0.05, 0.1) is 12.7 Å². The Morgan fingerprint density at radius 1 is 1.40 bits per heavy atom. The molecule has 112 valence electrons. The summed E-state index contributed by atoms with van der Waals surface area (Å²) in [5, 5.41) is 15.0. The second kappa shape index (κ2) is 9.34. The highest BCUT2D eigenvalue weighted by Gasteiger charge is 2.07. The lowest BCUT2D eigenvalue weighted by Crippen LogP contribution is -2.32. The number of aliphatic hydroxyl groups is 1. The number of urea groups is 1. The van der Waals surface area contributed by atoms with Gasteiger partial charge in [0.1, 0.15) is 0 Å². The maximum Gasteiger partial charge on any atom is 0.319 e. The number of methoxy groups -OCH3 is 1. The number of aryl methyl sites for hydroxylation is 1. The van der Waals surface area contributed by atoms with E-state index in [-0.39, 0.29) is 12.6 Å². The quantitative estimate of drug-likeness (QED) is 0.683. The van der Waals surface area contributed by atoms with E-state index in [0.717, 1.165) is 24.1 Å². The van der Waals surface area contributed by atoms with Crippen molar-refractivity contribution in [2.24, 2.45) is 0 Å². The van der Waals surface area contributed by atoms with Crippen molar-refractivity contribution in [3.05, 3.63) is 29.8 Å². The Labute approximate surface area is 120 Å². The summed E-state index contributed by atoms with van der Waals surface area (Å²) in [6.07, 6.45) is 1.89. The number of para-hydroxylation sites is 1. The number of benzene rings is 1. The summed E-state index contributed by atoms with van der Waals surface area (Å²) in [6, 6.07) is 7.52. The highest BCUT2D eigenvalue weighted by Crippen LogP contribution is 2.16. The topological polar surface area (TPSA) is 70.6 Å². The summed E-state index contributed by atoms with van der Waals surface area (Å²) in [6.45, 7) is 2.79. The Kier molecular flexibility index (Phi) is 7.69. The maximum absolute atomic E-state index is 11.8. The Bertz CT molecular complexity index is 410. The number of hydrogen-bond donors (Lipinski definition) is 3. The van der Waals surface area contributed by atoms with Crippen molar-refractivity contribution < 1.29 is 14.6 Å². The van der Waals surface area contributed by atoms with Gasteiger partial charge < -0.3 is 20.5 Å². The number of aliphatic hydroxyl groups excluding tert-OH is 1. The Balaban J connectivity index is 2.38. The number of ether oxygens (including phenoxy) is 1. The number of amides is 2. The van der Waals surface area contributed by atoms with Gasteiger partial charge in [0, 0.05) is 19.3 Å². The summed E-state index contributed by atoms with van der Waals surface area (Å²) in [4.78, 5) is 11.8. The van der Waals surface area contributed by atoms with Gasteiger partial charge in [-0.25, -0.2) is 4.79 Å². The molecule has 0 saturated heterocycles. The molecule has 0 fully saturated rings. The Morgan fingerprint density at radius 3 is 2.85 bits per heavy atom. The van der Waals surface area contributed by atoms with Crippen LogP contribution in [0.1, 0.15) is 25.3 Å². The summed E-state index contributed by atoms with van der Waals surface area (Å²) >= 11 is 0. The Hall–Kier alpha value is -1.59. The third-order valence-electron chi connectivity index (χ3n) is 2.91. The van der Waals surface area contributed by atoms with Crippen LogP contribution in [0.5, 0.6) is 0 Å². The standard InChI is InChI=1S/C15H24N2O3/c1-3-6-12-7-4-5-8-14(12)17-15(19)16-10-9-13(18)11-20-2/h4-5,7-8,13,18H,3,6,9-11H2,1-2H3,(H2,16,17,19). The molecule has 0 bridgehead atoms. The molecule has 0 aliphatic heterocycles. The fraction of sp³-hybridized carbons (Fsp3) is 0.533. The molecule has 0 saturated carbocycles. The summed E-state index contributed by atoms with van der Waals surface area (Å²) in [7, 11) is 1.54. The fourth-order valence-electron chi connectivity index (χ4n) is 1.92. The number of carbonyl (C=O) groups is 1. The normalized spacial score (nSPS) is 11.9. The molecule has 0 radical (unpaired) electrons. The molecule has 2 amide bonds. The van der Waals surface area contributed by atoms with Crippen LogP contribution in [-0.4, -0.2) is 37.5 Å². The minimum atomic E-state index is -0.548. The van der Waals surface area contributed by atoms with Crippen molar-refractivity contribution in [3.63, 3.8) is 0 Å². The van der Waals surface area contributed by atoms with E-state index in [1.165, 1.54) is 7.11 Å². The van der Waals surface area contributed by atoms with Crippen LogP contribution in [0, 0.1) is 0 Å². The molecule has 1 rings (SSSR count). The third kappa shape index (κ3) is 6.04. The maximum atomic E-state index is 11.8. The van der Waals surface area contributed by atoms with Crippen LogP contribution in [0.15, 0.2) is 24.3 Å². The molecule has 3 N–H and O–H groups in total. The second-order valence-corrected chi connectivity index (χ2v) is 4.69. The van der Waals surface area contributed by atoms with E-state index in [2.05, 4.69) is 17.6 Å². The van der Waals surface area contributed by atoms with Crippen LogP contribution < -0.4 is 10.6 Å². The highest BCUT2D eigenvalue weighted by molar-refractivity contribution is 5.90. The van der Waals surface area contributed by atoms with Crippen molar-refractivity contribution >= 4 is 11.7 Å². The fourth-order valence-corrected chi connectivity index (χ4v) is 1.92. The number of nitrogens with one attached hydrogen (secondary N) is 2. The smallest absolute Gasteiger partial charge is 0.319 e. The predicted molar refractivity (Wildman–Crippen MR) is 80.0 cm³/mol. The molecule has 1 aromatic rings. The molecule has 20 heavy (non-hydrogen) atoms. The average Bonchev–Trinajstić information content (AvgIpc) is 2.41. The first-order valence-electron chi connectivity index (χ1n) is 6.97. The number of anilines is 1. The van der Waals surface area contributed by atoms with Crippen molar-refractivity contribution in [2.45, 2.75) is 32.3 Å². The van der Waals surface area contributed by atoms with Gasteiger partial charge in [0.25, 0.3) is 0 Å². The molecule has 5 heteroatoms. The van der Waals surface area contributed by atoms with E-state index < -0.39 is 6.10 Å². The molecular formula is C15H24N2O3. The van der Waals surface area contributed by atoms with E-state index in [9.17, 15) is 9.90 Å². The zero-order valence-electron chi connectivity index (χ0n) is 12.2. The molecule has 1 atom stereocenters. The molecule has 0 spiro atoms. The summed E-state index contributed by atoms with van der Waals surface area (Å²) in [5.74, 6) is 0. The first-order valence-corrected chi connectivity index (χ1v) is 6.97. The molecule has 0 heterocycles. The monoisotopic (exact) mass is 280 g/mol. The minimum absolute atomic E-state index is 0.252. The van der Waals surface area contributed by atoms with Crippen LogP contribution in [-0.2, 0) is 11.2 Å². The van der Waals surface area contributed by atoms with Gasteiger partial charge in [-0.3, -0.25) is 0 Å². The first-order chi connectivity index (χ1) is 9.67. The molecular weight excluding hydrogens is 256 g/mol. The van der Waals surface area contributed by atoms with Crippen molar-refractivity contribution in [3.8, 4) is 0 Å². The zero-order valence-corrected chi connectivity index (χ0v) is 12.2. The van der Waals surface area contributed by atoms with E-state index >= 15 is 0 Å². The molecule has 1 aromatic carbocycles. The lowest BCUT2D eigenvalue weighted by Gasteiger charge is -2.13. The van der Waals surface area contributed by atoms with Crippen molar-refractivity contribution in [1.29, 1.82) is 0 Å². The number of hydrogen-bond acceptors (Lipinski definition) is 3. The van der Waals surface area contributed by atoms with E-state index in [4.69, 9.17) is 4.74 Å². The zero-order chi connectivity index (χ0) is 14.8. The number of rotatable bonds is 8. The van der Waals surface area contributed by atoms with E-state index in [1.54, 1.807) is 0 Å². The molecule has 0 aliphatic rings. The first kappa shape index (κ1) is 16.5. The van der Waals surface area contributed by atoms with Gasteiger partial charge in [-0.15, -0.1) is 0 Å². The lowest BCUT2D eigenvalue weighted by molar-refractivity contribution is 0.0599. The second-order valence-electron chi connectivity index (χ2n) is 4.69. The van der Waals surface area contributed by atoms with Crippen molar-refractivity contribution in [2.75, 3.05) is 25.6 Å². The highest BCUT2D eigenvalue weighted by atomic mass is 16.5. The largest absolute Gasteiger partial charge is 0.391 e. The van der Waals surface area contributed by atoms with Gasteiger partial charge in [-0.1, -0.05) is 31.5 Å². The van der Waals surface area contributed by atoms with Crippen LogP contribution in [0.3, 0.4) is 0 Å².